The first kappa shape index (κ1) is 14.1. The molecule has 2 aromatic rings. The zero-order valence-corrected chi connectivity index (χ0v) is 13.1. The van der Waals surface area contributed by atoms with Crippen molar-refractivity contribution in [2.24, 2.45) is 0 Å². The molecule has 1 aromatic heterocycles. The van der Waals surface area contributed by atoms with Gasteiger partial charge in [0.05, 0.1) is 16.5 Å². The summed E-state index contributed by atoms with van der Waals surface area (Å²) in [7, 11) is 3.43. The highest BCUT2D eigenvalue weighted by Gasteiger charge is 2.15. The molecule has 5 heteroatoms. The van der Waals surface area contributed by atoms with Gasteiger partial charge in [0.15, 0.2) is 0 Å². The fraction of sp³-hybridized carbons (Fsp3) is 0.214. The fourth-order valence-electron chi connectivity index (χ4n) is 1.80. The molecule has 0 unspecified atom stereocenters. The average molecular weight is 340 g/mol. The zero-order chi connectivity index (χ0) is 13.8. The predicted octanol–water partition coefficient (Wildman–Crippen LogP) is 3.79. The minimum atomic E-state index is 0.00727. The molecule has 0 bridgehead atoms. The first-order valence-corrected chi connectivity index (χ1v) is 7.40. The van der Waals surface area contributed by atoms with E-state index in [0.29, 0.717) is 12.1 Å². The van der Waals surface area contributed by atoms with Crippen LogP contribution >= 0.6 is 27.3 Å². The second kappa shape index (κ2) is 6.21. The number of halogens is 1. The molecule has 0 aliphatic rings. The Morgan fingerprint density at radius 1 is 1.42 bits per heavy atom. The summed E-state index contributed by atoms with van der Waals surface area (Å²) in [6, 6.07) is 9.56. The number of hydrogen-bond acceptors (Lipinski definition) is 3. The van der Waals surface area contributed by atoms with Crippen LogP contribution in [0.15, 0.2) is 39.5 Å². The molecule has 0 spiro atoms. The van der Waals surface area contributed by atoms with Crippen molar-refractivity contribution in [3.05, 3.63) is 50.6 Å². The van der Waals surface area contributed by atoms with Gasteiger partial charge < -0.3 is 9.64 Å². The topological polar surface area (TPSA) is 29.5 Å². The van der Waals surface area contributed by atoms with E-state index in [-0.39, 0.29) is 5.91 Å². The summed E-state index contributed by atoms with van der Waals surface area (Å²) in [6.45, 7) is 0.524. The van der Waals surface area contributed by atoms with Crippen molar-refractivity contribution in [2.45, 2.75) is 6.54 Å². The van der Waals surface area contributed by atoms with E-state index in [1.165, 1.54) is 11.3 Å². The molecule has 0 N–H and O–H groups in total. The Bertz CT molecular complexity index is 582. The van der Waals surface area contributed by atoms with Gasteiger partial charge in [-0.15, -0.1) is 11.3 Å². The number of hydrogen-bond donors (Lipinski definition) is 0. The predicted molar refractivity (Wildman–Crippen MR) is 80.8 cm³/mol. The van der Waals surface area contributed by atoms with Gasteiger partial charge >= 0.3 is 0 Å². The van der Waals surface area contributed by atoms with E-state index in [4.69, 9.17) is 4.74 Å². The number of carbonyl (C=O) groups is 1. The van der Waals surface area contributed by atoms with Crippen LogP contribution in [0.2, 0.25) is 0 Å². The van der Waals surface area contributed by atoms with Crippen molar-refractivity contribution < 1.29 is 9.53 Å². The van der Waals surface area contributed by atoms with Crippen LogP contribution in [0.1, 0.15) is 15.9 Å². The largest absolute Gasteiger partial charge is 0.496 e. The van der Waals surface area contributed by atoms with Crippen molar-refractivity contribution in [3.8, 4) is 5.75 Å². The van der Waals surface area contributed by atoms with Crippen molar-refractivity contribution in [1.29, 1.82) is 0 Å². The van der Waals surface area contributed by atoms with Crippen LogP contribution in [0.5, 0.6) is 5.75 Å². The highest BCUT2D eigenvalue weighted by Crippen LogP contribution is 2.23. The lowest BCUT2D eigenvalue weighted by molar-refractivity contribution is 0.0784. The number of methoxy groups -OCH3 is 1. The Labute approximate surface area is 124 Å². The Hall–Kier alpha value is -1.33. The summed E-state index contributed by atoms with van der Waals surface area (Å²) < 4.78 is 6.25. The third kappa shape index (κ3) is 3.36. The van der Waals surface area contributed by atoms with E-state index < -0.39 is 0 Å². The molecule has 0 radical (unpaired) electrons. The van der Waals surface area contributed by atoms with Crippen LogP contribution in [0, 0.1) is 0 Å². The third-order valence-corrected chi connectivity index (χ3v) is 4.27. The number of ether oxygens (including phenoxy) is 1. The molecular formula is C14H14BrNO2S. The van der Waals surface area contributed by atoms with Gasteiger partial charge in [-0.25, -0.2) is 0 Å². The zero-order valence-electron chi connectivity index (χ0n) is 10.7. The maximum Gasteiger partial charge on any atom is 0.254 e. The number of rotatable bonds is 4. The molecule has 1 heterocycles. The summed E-state index contributed by atoms with van der Waals surface area (Å²) in [5.74, 6) is 0.807. The minimum absolute atomic E-state index is 0.00727. The van der Waals surface area contributed by atoms with Crippen LogP contribution in [-0.4, -0.2) is 25.0 Å². The summed E-state index contributed by atoms with van der Waals surface area (Å²) in [5.41, 5.74) is 1.70. The Morgan fingerprint density at radius 2 is 2.16 bits per heavy atom. The molecule has 1 amide bonds. The van der Waals surface area contributed by atoms with Gasteiger partial charge in [0.1, 0.15) is 5.75 Å². The second-order valence-corrected chi connectivity index (χ2v) is 6.40. The van der Waals surface area contributed by atoms with Crippen molar-refractivity contribution >= 4 is 33.2 Å². The molecule has 1 aromatic carbocycles. The number of nitrogens with zero attached hydrogens (tertiary/aromatic N) is 1. The Balaban J connectivity index is 2.12. The number of benzene rings is 1. The maximum absolute atomic E-state index is 12.2. The molecule has 0 atom stereocenters. The lowest BCUT2D eigenvalue weighted by Gasteiger charge is -2.18. The highest BCUT2D eigenvalue weighted by molar-refractivity contribution is 9.11. The van der Waals surface area contributed by atoms with Crippen molar-refractivity contribution in [2.75, 3.05) is 14.2 Å². The SMILES string of the molecule is COc1ccccc1CN(C)C(=O)c1csc(Br)c1. The van der Waals surface area contributed by atoms with Crippen LogP contribution in [0.25, 0.3) is 0 Å². The van der Waals surface area contributed by atoms with E-state index in [9.17, 15) is 4.79 Å². The van der Waals surface area contributed by atoms with Crippen LogP contribution in [0.3, 0.4) is 0 Å². The van der Waals surface area contributed by atoms with Gasteiger partial charge in [-0.3, -0.25) is 4.79 Å². The average Bonchev–Trinajstić information content (AvgIpc) is 2.85. The van der Waals surface area contributed by atoms with Gasteiger partial charge in [0, 0.05) is 24.5 Å². The monoisotopic (exact) mass is 339 g/mol. The highest BCUT2D eigenvalue weighted by atomic mass is 79.9. The smallest absolute Gasteiger partial charge is 0.254 e. The summed E-state index contributed by atoms with van der Waals surface area (Å²) in [6.07, 6.45) is 0. The quantitative estimate of drug-likeness (QED) is 0.847. The van der Waals surface area contributed by atoms with E-state index in [0.717, 1.165) is 15.1 Å². The van der Waals surface area contributed by atoms with Gasteiger partial charge in [-0.05, 0) is 28.1 Å². The third-order valence-electron chi connectivity index (χ3n) is 2.76. The lowest BCUT2D eigenvalue weighted by Crippen LogP contribution is -2.25. The van der Waals surface area contributed by atoms with Gasteiger partial charge in [-0.2, -0.15) is 0 Å². The number of para-hydroxylation sites is 1. The van der Waals surface area contributed by atoms with Crippen molar-refractivity contribution in [1.82, 2.24) is 4.90 Å². The summed E-state index contributed by atoms with van der Waals surface area (Å²) in [5, 5.41) is 1.85. The fourth-order valence-corrected chi connectivity index (χ4v) is 2.93. The molecular weight excluding hydrogens is 326 g/mol. The second-order valence-electron chi connectivity index (χ2n) is 4.11. The normalized spacial score (nSPS) is 10.3. The number of thiophene rings is 1. The molecule has 100 valence electrons. The Morgan fingerprint density at radius 3 is 2.79 bits per heavy atom. The molecule has 0 saturated carbocycles. The van der Waals surface area contributed by atoms with E-state index in [2.05, 4.69) is 15.9 Å². The van der Waals surface area contributed by atoms with Gasteiger partial charge in [0.25, 0.3) is 5.91 Å². The standard InChI is InChI=1S/C14H14BrNO2S/c1-16(14(17)11-7-13(15)19-9-11)8-10-5-3-4-6-12(10)18-2/h3-7,9H,8H2,1-2H3. The molecule has 0 saturated heterocycles. The number of amides is 1. The molecule has 3 nitrogen and oxygen atoms in total. The Kier molecular flexibility index (Phi) is 4.61. The molecule has 0 aliphatic carbocycles. The van der Waals surface area contributed by atoms with Crippen LogP contribution in [-0.2, 0) is 6.54 Å². The van der Waals surface area contributed by atoms with Crippen molar-refractivity contribution in [3.63, 3.8) is 0 Å². The van der Waals surface area contributed by atoms with E-state index >= 15 is 0 Å². The van der Waals surface area contributed by atoms with Crippen LogP contribution in [0.4, 0.5) is 0 Å². The molecule has 19 heavy (non-hydrogen) atoms. The first-order valence-electron chi connectivity index (χ1n) is 5.73. The molecule has 2 rings (SSSR count). The van der Waals surface area contributed by atoms with Gasteiger partial charge in [-0.1, -0.05) is 18.2 Å². The maximum atomic E-state index is 12.2. The molecule has 0 fully saturated rings. The molecule has 0 aliphatic heterocycles. The summed E-state index contributed by atoms with van der Waals surface area (Å²) in [4.78, 5) is 13.9. The first-order chi connectivity index (χ1) is 9.11. The van der Waals surface area contributed by atoms with E-state index in [1.54, 1.807) is 19.1 Å². The van der Waals surface area contributed by atoms with Gasteiger partial charge in [0.2, 0.25) is 0 Å². The number of carbonyl (C=O) groups excluding carboxylic acids is 1. The lowest BCUT2D eigenvalue weighted by atomic mass is 10.2. The minimum Gasteiger partial charge on any atom is -0.496 e. The van der Waals surface area contributed by atoms with Crippen LogP contribution < -0.4 is 4.74 Å². The van der Waals surface area contributed by atoms with E-state index in [1.807, 2.05) is 35.7 Å². The summed E-state index contributed by atoms with van der Waals surface area (Å²) >= 11 is 4.88.